The molecule has 0 atom stereocenters. The predicted octanol–water partition coefficient (Wildman–Crippen LogP) is 3.17. The number of pyridine rings is 1. The van der Waals surface area contributed by atoms with Crippen molar-refractivity contribution in [1.29, 1.82) is 0 Å². The lowest BCUT2D eigenvalue weighted by molar-refractivity contribution is 1.20. The molecule has 1 heterocycles. The molecule has 0 aromatic carbocycles. The van der Waals surface area contributed by atoms with E-state index in [4.69, 9.17) is 0 Å². The van der Waals surface area contributed by atoms with Crippen LogP contribution < -0.4 is 0 Å². The van der Waals surface area contributed by atoms with Gasteiger partial charge in [0.15, 0.2) is 0 Å². The molecule has 0 N–H and O–H groups in total. The second-order valence-corrected chi connectivity index (χ2v) is 2.82. The Kier molecular flexibility index (Phi) is 6.96. The van der Waals surface area contributed by atoms with Crippen molar-refractivity contribution in [2.45, 2.75) is 13.8 Å². The molecule has 1 aromatic heterocycles. The van der Waals surface area contributed by atoms with Crippen molar-refractivity contribution >= 4 is 6.72 Å². The Balaban J connectivity index is 0.000000241. The predicted molar refractivity (Wildman–Crippen MR) is 62.5 cm³/mol. The standard InChI is InChI=1S/C6H7N.C6H9N/c1-6-4-2-3-5-7-6;1-6(2)4-5-7-3/h2-5H,1H3;4-5H,1,3H2,2H3/b;5-4-. The Morgan fingerprint density at radius 1 is 1.50 bits per heavy atom. The van der Waals surface area contributed by atoms with Gasteiger partial charge in [0.2, 0.25) is 0 Å². The maximum atomic E-state index is 3.98. The minimum absolute atomic E-state index is 0.993. The van der Waals surface area contributed by atoms with E-state index in [1.54, 1.807) is 18.5 Å². The van der Waals surface area contributed by atoms with E-state index in [-0.39, 0.29) is 0 Å². The summed E-state index contributed by atoms with van der Waals surface area (Å²) in [4.78, 5) is 7.46. The molecule has 0 radical (unpaired) electrons. The van der Waals surface area contributed by atoms with Crippen molar-refractivity contribution in [3.8, 4) is 0 Å². The molecular weight excluding hydrogens is 172 g/mol. The minimum atomic E-state index is 0.993. The first kappa shape index (κ1) is 12.3. The number of hydrogen-bond donors (Lipinski definition) is 0. The van der Waals surface area contributed by atoms with E-state index >= 15 is 0 Å². The Labute approximate surface area is 85.7 Å². The maximum Gasteiger partial charge on any atom is 0.0372 e. The van der Waals surface area contributed by atoms with Crippen LogP contribution in [0.3, 0.4) is 0 Å². The van der Waals surface area contributed by atoms with Crippen LogP contribution in [0.15, 0.2) is 53.8 Å². The number of allylic oxidation sites excluding steroid dienone is 2. The minimum Gasteiger partial charge on any atom is -0.273 e. The van der Waals surface area contributed by atoms with Gasteiger partial charge in [0.25, 0.3) is 0 Å². The lowest BCUT2D eigenvalue weighted by Gasteiger charge is -1.82. The average molecular weight is 188 g/mol. The molecular formula is C12H16N2. The van der Waals surface area contributed by atoms with Gasteiger partial charge >= 0.3 is 0 Å². The monoisotopic (exact) mass is 188 g/mol. The topological polar surface area (TPSA) is 25.2 Å². The molecule has 2 nitrogen and oxygen atoms in total. The zero-order chi connectivity index (χ0) is 10.8. The third-order valence-electron chi connectivity index (χ3n) is 1.28. The number of rotatable bonds is 2. The first-order valence-electron chi connectivity index (χ1n) is 4.32. The van der Waals surface area contributed by atoms with Gasteiger partial charge in [0.1, 0.15) is 0 Å². The zero-order valence-corrected chi connectivity index (χ0v) is 8.77. The normalized spacial score (nSPS) is 9.00. The Morgan fingerprint density at radius 2 is 2.21 bits per heavy atom. The molecule has 1 rings (SSSR count). The highest BCUT2D eigenvalue weighted by Crippen LogP contribution is 1.87. The van der Waals surface area contributed by atoms with Gasteiger partial charge in [0, 0.05) is 18.1 Å². The second-order valence-electron chi connectivity index (χ2n) is 2.82. The molecule has 0 saturated carbocycles. The smallest absolute Gasteiger partial charge is 0.0372 e. The van der Waals surface area contributed by atoms with Crippen LogP contribution in [0.25, 0.3) is 0 Å². The Hall–Kier alpha value is -1.70. The molecule has 74 valence electrons. The van der Waals surface area contributed by atoms with E-state index < -0.39 is 0 Å². The second kappa shape index (κ2) is 7.92. The third-order valence-corrected chi connectivity index (χ3v) is 1.28. The highest BCUT2D eigenvalue weighted by atomic mass is 14.6. The molecule has 1 aromatic rings. The molecule has 0 aliphatic carbocycles. The van der Waals surface area contributed by atoms with Crippen LogP contribution >= 0.6 is 0 Å². The van der Waals surface area contributed by atoms with Gasteiger partial charge in [-0.1, -0.05) is 18.2 Å². The summed E-state index contributed by atoms with van der Waals surface area (Å²) in [6.07, 6.45) is 5.20. The van der Waals surface area contributed by atoms with Gasteiger partial charge in [-0.05, 0) is 38.8 Å². The van der Waals surface area contributed by atoms with E-state index in [9.17, 15) is 0 Å². The summed E-state index contributed by atoms with van der Waals surface area (Å²) >= 11 is 0. The van der Waals surface area contributed by atoms with Crippen LogP contribution in [0.4, 0.5) is 0 Å². The van der Waals surface area contributed by atoms with Crippen LogP contribution in [0, 0.1) is 6.92 Å². The van der Waals surface area contributed by atoms with Gasteiger partial charge < -0.3 is 0 Å². The van der Waals surface area contributed by atoms with Crippen LogP contribution in [0.1, 0.15) is 12.6 Å². The average Bonchev–Trinajstić information content (AvgIpc) is 2.17. The lowest BCUT2D eigenvalue weighted by Crippen LogP contribution is -1.72. The SMILES string of the molecule is C=N/C=C\C(=C)C.Cc1ccccn1. The molecule has 0 amide bonds. The van der Waals surface area contributed by atoms with Crippen molar-refractivity contribution in [3.05, 3.63) is 54.5 Å². The highest BCUT2D eigenvalue weighted by Gasteiger charge is 1.73. The molecule has 0 aliphatic rings. The Morgan fingerprint density at radius 3 is 2.43 bits per heavy atom. The number of nitrogens with zero attached hydrogens (tertiary/aromatic N) is 2. The third kappa shape index (κ3) is 8.40. The van der Waals surface area contributed by atoms with Crippen LogP contribution in [0.2, 0.25) is 0 Å². The fourth-order valence-corrected chi connectivity index (χ4v) is 0.628. The fraction of sp³-hybridized carbons (Fsp3) is 0.167. The quantitative estimate of drug-likeness (QED) is 0.517. The molecule has 0 saturated heterocycles. The van der Waals surface area contributed by atoms with Gasteiger partial charge in [-0.25, -0.2) is 0 Å². The lowest BCUT2D eigenvalue weighted by atomic mass is 10.3. The fourth-order valence-electron chi connectivity index (χ4n) is 0.628. The molecule has 0 spiro atoms. The largest absolute Gasteiger partial charge is 0.273 e. The van der Waals surface area contributed by atoms with Gasteiger partial charge in [-0.3, -0.25) is 9.98 Å². The summed E-state index contributed by atoms with van der Waals surface area (Å²) in [6.45, 7) is 10.7. The van der Waals surface area contributed by atoms with Gasteiger partial charge in [-0.2, -0.15) is 0 Å². The van der Waals surface area contributed by atoms with Crippen molar-refractivity contribution < 1.29 is 0 Å². The summed E-state index contributed by atoms with van der Waals surface area (Å²) in [5.41, 5.74) is 2.06. The summed E-state index contributed by atoms with van der Waals surface area (Å²) in [5, 5.41) is 0. The molecule has 0 fully saturated rings. The summed E-state index contributed by atoms with van der Waals surface area (Å²) < 4.78 is 0. The van der Waals surface area contributed by atoms with Crippen molar-refractivity contribution in [3.63, 3.8) is 0 Å². The van der Waals surface area contributed by atoms with Crippen LogP contribution in [-0.4, -0.2) is 11.7 Å². The van der Waals surface area contributed by atoms with Crippen molar-refractivity contribution in [2.24, 2.45) is 4.99 Å². The first-order chi connectivity index (χ1) is 6.66. The molecule has 2 heteroatoms. The number of aromatic nitrogens is 1. The number of hydrogen-bond acceptors (Lipinski definition) is 2. The molecule has 14 heavy (non-hydrogen) atoms. The van der Waals surface area contributed by atoms with Crippen molar-refractivity contribution in [1.82, 2.24) is 4.98 Å². The van der Waals surface area contributed by atoms with E-state index in [1.165, 1.54) is 0 Å². The zero-order valence-electron chi connectivity index (χ0n) is 8.77. The first-order valence-corrected chi connectivity index (χ1v) is 4.32. The number of aryl methyl sites for hydroxylation is 1. The van der Waals surface area contributed by atoms with E-state index in [1.807, 2.05) is 32.0 Å². The highest BCUT2D eigenvalue weighted by molar-refractivity contribution is 5.26. The van der Waals surface area contributed by atoms with Crippen LogP contribution in [-0.2, 0) is 0 Å². The number of aliphatic imine (C=N–C) groups is 1. The van der Waals surface area contributed by atoms with E-state index in [0.29, 0.717) is 0 Å². The van der Waals surface area contributed by atoms with Crippen molar-refractivity contribution in [2.75, 3.05) is 0 Å². The van der Waals surface area contributed by atoms with E-state index in [2.05, 4.69) is 23.3 Å². The summed E-state index contributed by atoms with van der Waals surface area (Å²) in [6, 6.07) is 5.86. The molecule has 0 aliphatic heterocycles. The Bertz CT molecular complexity index is 299. The molecule has 0 unspecified atom stereocenters. The van der Waals surface area contributed by atoms with Crippen LogP contribution in [0.5, 0.6) is 0 Å². The molecule has 0 bridgehead atoms. The van der Waals surface area contributed by atoms with E-state index in [0.717, 1.165) is 11.3 Å². The summed E-state index contributed by atoms with van der Waals surface area (Å²) in [5.74, 6) is 0. The van der Waals surface area contributed by atoms with Gasteiger partial charge in [0.05, 0.1) is 0 Å². The summed E-state index contributed by atoms with van der Waals surface area (Å²) in [7, 11) is 0. The van der Waals surface area contributed by atoms with Gasteiger partial charge in [-0.15, -0.1) is 0 Å². The maximum absolute atomic E-state index is 3.98.